The SMILES string of the molecule is CC(C)C[C@H]1c2nc(C3CC3)nn2CCN1C(=O)[C@H](O)C1CCCCC1. The zero-order chi connectivity index (χ0) is 18.3. The van der Waals surface area contributed by atoms with E-state index in [9.17, 15) is 9.90 Å². The van der Waals surface area contributed by atoms with Crippen LogP contribution in [0.25, 0.3) is 0 Å². The third-order valence-corrected chi connectivity index (χ3v) is 6.21. The molecule has 2 atom stereocenters. The van der Waals surface area contributed by atoms with Crippen LogP contribution in [0.1, 0.15) is 88.8 Å². The molecule has 0 aromatic carbocycles. The first-order valence-corrected chi connectivity index (χ1v) is 10.5. The Kier molecular flexibility index (Phi) is 5.04. The van der Waals surface area contributed by atoms with Crippen LogP contribution in [0.2, 0.25) is 0 Å². The van der Waals surface area contributed by atoms with Crippen molar-refractivity contribution < 1.29 is 9.90 Å². The zero-order valence-corrected chi connectivity index (χ0v) is 16.1. The van der Waals surface area contributed by atoms with Crippen LogP contribution in [-0.4, -0.2) is 43.3 Å². The van der Waals surface area contributed by atoms with Gasteiger partial charge in [0.25, 0.3) is 5.91 Å². The summed E-state index contributed by atoms with van der Waals surface area (Å²) in [6.07, 6.45) is 7.79. The molecule has 0 unspecified atom stereocenters. The highest BCUT2D eigenvalue weighted by atomic mass is 16.3. The predicted octanol–water partition coefficient (Wildman–Crippen LogP) is 3.03. The van der Waals surface area contributed by atoms with E-state index in [2.05, 4.69) is 13.8 Å². The van der Waals surface area contributed by atoms with Gasteiger partial charge in [-0.1, -0.05) is 33.1 Å². The van der Waals surface area contributed by atoms with Gasteiger partial charge in [-0.15, -0.1) is 0 Å². The normalized spacial score (nSPS) is 25.4. The van der Waals surface area contributed by atoms with Gasteiger partial charge in [-0.25, -0.2) is 9.67 Å². The minimum Gasteiger partial charge on any atom is -0.383 e. The molecule has 0 bridgehead atoms. The third-order valence-electron chi connectivity index (χ3n) is 6.21. The highest BCUT2D eigenvalue weighted by molar-refractivity contribution is 5.81. The number of carbonyl (C=O) groups excluding carboxylic acids is 1. The van der Waals surface area contributed by atoms with Crippen molar-refractivity contribution in [2.75, 3.05) is 6.54 Å². The van der Waals surface area contributed by atoms with E-state index in [1.807, 2.05) is 9.58 Å². The maximum Gasteiger partial charge on any atom is 0.252 e. The highest BCUT2D eigenvalue weighted by Crippen LogP contribution is 2.40. The quantitative estimate of drug-likeness (QED) is 0.876. The van der Waals surface area contributed by atoms with Gasteiger partial charge in [-0.3, -0.25) is 4.79 Å². The Morgan fingerprint density at radius 1 is 1.15 bits per heavy atom. The molecule has 2 saturated carbocycles. The van der Waals surface area contributed by atoms with Crippen LogP contribution in [-0.2, 0) is 11.3 Å². The Hall–Kier alpha value is -1.43. The van der Waals surface area contributed by atoms with E-state index in [1.165, 1.54) is 19.3 Å². The fourth-order valence-corrected chi connectivity index (χ4v) is 4.56. The van der Waals surface area contributed by atoms with E-state index < -0.39 is 6.10 Å². The Balaban J connectivity index is 1.56. The molecule has 144 valence electrons. The van der Waals surface area contributed by atoms with Crippen molar-refractivity contribution in [3.8, 4) is 0 Å². The summed E-state index contributed by atoms with van der Waals surface area (Å²) in [5.41, 5.74) is 0. The minimum absolute atomic E-state index is 0.0607. The second kappa shape index (κ2) is 7.29. The lowest BCUT2D eigenvalue weighted by molar-refractivity contribution is -0.148. The Labute approximate surface area is 156 Å². The minimum atomic E-state index is -0.859. The van der Waals surface area contributed by atoms with Crippen molar-refractivity contribution >= 4 is 5.91 Å². The second-order valence-electron chi connectivity index (χ2n) is 8.85. The monoisotopic (exact) mass is 360 g/mol. The van der Waals surface area contributed by atoms with E-state index in [0.717, 1.165) is 43.8 Å². The number of aliphatic hydroxyl groups is 1. The van der Waals surface area contributed by atoms with Gasteiger partial charge in [-0.2, -0.15) is 5.10 Å². The zero-order valence-electron chi connectivity index (χ0n) is 16.1. The first kappa shape index (κ1) is 18.0. The number of aliphatic hydroxyl groups excluding tert-OH is 1. The molecule has 4 rings (SSSR count). The molecule has 0 radical (unpaired) electrons. The Bertz CT molecular complexity index is 646. The molecule has 2 aliphatic carbocycles. The largest absolute Gasteiger partial charge is 0.383 e. The average Bonchev–Trinajstić information content (AvgIpc) is 3.40. The lowest BCUT2D eigenvalue weighted by atomic mass is 9.84. The Morgan fingerprint density at radius 2 is 1.88 bits per heavy atom. The van der Waals surface area contributed by atoms with Crippen molar-refractivity contribution in [2.45, 2.75) is 89.8 Å². The first-order valence-electron chi connectivity index (χ1n) is 10.5. The van der Waals surface area contributed by atoms with E-state index in [-0.39, 0.29) is 17.9 Å². The topological polar surface area (TPSA) is 71.2 Å². The molecule has 3 aliphatic rings. The van der Waals surface area contributed by atoms with Crippen molar-refractivity contribution in [3.63, 3.8) is 0 Å². The standard InChI is InChI=1S/C20H32N4O2/c1-13(2)12-16-19-21-18(15-8-9-15)22-24(19)11-10-23(16)20(26)17(25)14-6-4-3-5-7-14/h13-17,25H,3-12H2,1-2H3/t16-,17+/m0/s1. The summed E-state index contributed by atoms with van der Waals surface area (Å²) in [5.74, 6) is 2.88. The van der Waals surface area contributed by atoms with Crippen LogP contribution in [0.4, 0.5) is 0 Å². The molecular weight excluding hydrogens is 328 g/mol. The van der Waals surface area contributed by atoms with Crippen molar-refractivity contribution in [3.05, 3.63) is 11.6 Å². The number of nitrogens with zero attached hydrogens (tertiary/aromatic N) is 4. The summed E-state index contributed by atoms with van der Waals surface area (Å²) in [5, 5.41) is 15.5. The number of rotatable bonds is 5. The molecule has 1 aromatic rings. The van der Waals surface area contributed by atoms with Gasteiger partial charge in [0.15, 0.2) is 5.82 Å². The molecule has 0 spiro atoms. The van der Waals surface area contributed by atoms with E-state index in [0.29, 0.717) is 24.9 Å². The molecule has 1 N–H and O–H groups in total. The fourth-order valence-electron chi connectivity index (χ4n) is 4.56. The number of fused-ring (bicyclic) bond motifs is 1. The maximum atomic E-state index is 13.2. The summed E-state index contributed by atoms with van der Waals surface area (Å²) in [7, 11) is 0. The van der Waals surface area contributed by atoms with Gasteiger partial charge in [0.05, 0.1) is 12.6 Å². The Morgan fingerprint density at radius 3 is 2.54 bits per heavy atom. The van der Waals surface area contributed by atoms with Crippen LogP contribution >= 0.6 is 0 Å². The van der Waals surface area contributed by atoms with Gasteiger partial charge in [0, 0.05) is 12.5 Å². The van der Waals surface area contributed by atoms with Crippen LogP contribution in [0.3, 0.4) is 0 Å². The van der Waals surface area contributed by atoms with Crippen LogP contribution < -0.4 is 0 Å². The number of aromatic nitrogens is 3. The van der Waals surface area contributed by atoms with Gasteiger partial charge >= 0.3 is 0 Å². The van der Waals surface area contributed by atoms with Crippen molar-refractivity contribution in [1.29, 1.82) is 0 Å². The van der Waals surface area contributed by atoms with Gasteiger partial charge in [-0.05, 0) is 43.9 Å². The average molecular weight is 361 g/mol. The lowest BCUT2D eigenvalue weighted by Crippen LogP contribution is -2.49. The summed E-state index contributed by atoms with van der Waals surface area (Å²) in [6.45, 7) is 5.67. The molecule has 6 heteroatoms. The summed E-state index contributed by atoms with van der Waals surface area (Å²) in [4.78, 5) is 19.9. The van der Waals surface area contributed by atoms with Crippen LogP contribution in [0, 0.1) is 11.8 Å². The van der Waals surface area contributed by atoms with E-state index >= 15 is 0 Å². The summed E-state index contributed by atoms with van der Waals surface area (Å²) < 4.78 is 2.01. The number of hydrogen-bond donors (Lipinski definition) is 1. The maximum absolute atomic E-state index is 13.2. The van der Waals surface area contributed by atoms with E-state index in [4.69, 9.17) is 10.1 Å². The van der Waals surface area contributed by atoms with Gasteiger partial charge < -0.3 is 10.0 Å². The smallest absolute Gasteiger partial charge is 0.252 e. The number of amides is 1. The fraction of sp³-hybridized carbons (Fsp3) is 0.850. The third kappa shape index (κ3) is 3.53. The highest BCUT2D eigenvalue weighted by Gasteiger charge is 2.40. The molecule has 26 heavy (non-hydrogen) atoms. The molecule has 2 fully saturated rings. The molecule has 6 nitrogen and oxygen atoms in total. The number of carbonyl (C=O) groups is 1. The van der Waals surface area contributed by atoms with Gasteiger partial charge in [0.2, 0.25) is 0 Å². The van der Waals surface area contributed by atoms with E-state index in [1.54, 1.807) is 0 Å². The predicted molar refractivity (Wildman–Crippen MR) is 98.5 cm³/mol. The van der Waals surface area contributed by atoms with Gasteiger partial charge in [0.1, 0.15) is 11.9 Å². The molecule has 2 heterocycles. The number of hydrogen-bond acceptors (Lipinski definition) is 4. The molecule has 1 amide bonds. The van der Waals surface area contributed by atoms with Crippen molar-refractivity contribution in [2.24, 2.45) is 11.8 Å². The first-order chi connectivity index (χ1) is 12.5. The van der Waals surface area contributed by atoms with Crippen LogP contribution in [0.5, 0.6) is 0 Å². The lowest BCUT2D eigenvalue weighted by Gasteiger charge is -2.38. The van der Waals surface area contributed by atoms with Crippen molar-refractivity contribution in [1.82, 2.24) is 19.7 Å². The second-order valence-corrected chi connectivity index (χ2v) is 8.85. The summed E-state index contributed by atoms with van der Waals surface area (Å²) in [6, 6.07) is -0.0607. The summed E-state index contributed by atoms with van der Waals surface area (Å²) >= 11 is 0. The molecule has 1 aliphatic heterocycles. The van der Waals surface area contributed by atoms with Crippen LogP contribution in [0.15, 0.2) is 0 Å². The molecule has 0 saturated heterocycles. The molecule has 1 aromatic heterocycles. The molecular formula is C20H32N4O2.